The lowest BCUT2D eigenvalue weighted by molar-refractivity contribution is 0.102. The van der Waals surface area contributed by atoms with Crippen LogP contribution < -0.4 is 5.32 Å². The lowest BCUT2D eigenvalue weighted by atomic mass is 10.1. The molecular weight excluding hydrogens is 296 g/mol. The Balaban J connectivity index is 1.73. The largest absolute Gasteiger partial charge is 0.296 e. The van der Waals surface area contributed by atoms with Crippen molar-refractivity contribution < 1.29 is 4.79 Å². The fraction of sp³-hybridized carbons (Fsp3) is 0.500. The fourth-order valence-corrected chi connectivity index (χ4v) is 2.90. The van der Waals surface area contributed by atoms with Gasteiger partial charge in [-0.3, -0.25) is 15.1 Å². The highest BCUT2D eigenvalue weighted by atomic mass is 32.1. The lowest BCUT2D eigenvalue weighted by Crippen LogP contribution is -2.11. The van der Waals surface area contributed by atoms with Gasteiger partial charge in [0.25, 0.3) is 5.91 Å². The predicted octanol–water partition coefficient (Wildman–Crippen LogP) is 4.09. The number of carbonyl (C=O) groups excluding carboxylic acids is 1. The van der Waals surface area contributed by atoms with Crippen LogP contribution in [0, 0.1) is 0 Å². The Labute approximate surface area is 135 Å². The number of nitrogens with zero attached hydrogens (tertiary/aromatic N) is 3. The van der Waals surface area contributed by atoms with Crippen LogP contribution in [0.3, 0.4) is 0 Å². The second-order valence-electron chi connectivity index (χ2n) is 5.21. The quantitative estimate of drug-likeness (QED) is 0.707. The fourth-order valence-electron chi connectivity index (χ4n) is 2.13. The zero-order valence-corrected chi connectivity index (χ0v) is 13.7. The zero-order valence-electron chi connectivity index (χ0n) is 12.9. The number of hydrogen-bond acceptors (Lipinski definition) is 5. The molecule has 0 aromatic carbocycles. The summed E-state index contributed by atoms with van der Waals surface area (Å²) >= 11 is 1.45. The molecule has 1 N–H and O–H groups in total. The Kier molecular flexibility index (Phi) is 6.96. The van der Waals surface area contributed by atoms with E-state index in [2.05, 4.69) is 27.4 Å². The van der Waals surface area contributed by atoms with E-state index < -0.39 is 0 Å². The highest BCUT2D eigenvalue weighted by Crippen LogP contribution is 2.18. The van der Waals surface area contributed by atoms with Crippen molar-refractivity contribution in [2.75, 3.05) is 5.32 Å². The number of hydrogen-bond donors (Lipinski definition) is 1. The molecule has 0 saturated carbocycles. The summed E-state index contributed by atoms with van der Waals surface area (Å²) in [6.45, 7) is 2.22. The molecule has 0 radical (unpaired) electrons. The van der Waals surface area contributed by atoms with Crippen molar-refractivity contribution in [3.05, 3.63) is 35.1 Å². The van der Waals surface area contributed by atoms with Crippen LogP contribution in [0.15, 0.2) is 24.5 Å². The van der Waals surface area contributed by atoms with Crippen molar-refractivity contribution >= 4 is 22.4 Å². The third-order valence-corrected chi connectivity index (χ3v) is 4.25. The van der Waals surface area contributed by atoms with E-state index >= 15 is 0 Å². The van der Waals surface area contributed by atoms with E-state index in [-0.39, 0.29) is 5.91 Å². The maximum Gasteiger partial charge on any atom is 0.259 e. The highest BCUT2D eigenvalue weighted by molar-refractivity contribution is 7.15. The molecule has 0 aliphatic rings. The van der Waals surface area contributed by atoms with Crippen LogP contribution in [0.4, 0.5) is 5.13 Å². The minimum Gasteiger partial charge on any atom is -0.296 e. The molecule has 0 bridgehead atoms. The van der Waals surface area contributed by atoms with Gasteiger partial charge in [0.05, 0.1) is 5.56 Å². The van der Waals surface area contributed by atoms with Gasteiger partial charge in [-0.25, -0.2) is 0 Å². The summed E-state index contributed by atoms with van der Waals surface area (Å²) < 4.78 is 0. The van der Waals surface area contributed by atoms with Crippen LogP contribution in [0.2, 0.25) is 0 Å². The second-order valence-corrected chi connectivity index (χ2v) is 6.28. The number of anilines is 1. The summed E-state index contributed by atoms with van der Waals surface area (Å²) in [7, 11) is 0. The van der Waals surface area contributed by atoms with E-state index in [1.54, 1.807) is 18.3 Å². The molecule has 0 saturated heterocycles. The van der Waals surface area contributed by atoms with Crippen LogP contribution in [-0.4, -0.2) is 21.1 Å². The molecule has 118 valence electrons. The van der Waals surface area contributed by atoms with Crippen molar-refractivity contribution in [1.29, 1.82) is 0 Å². The number of aromatic nitrogens is 3. The maximum absolute atomic E-state index is 12.0. The number of rotatable bonds is 9. The molecule has 2 rings (SSSR count). The van der Waals surface area contributed by atoms with E-state index in [1.807, 2.05) is 0 Å². The van der Waals surface area contributed by atoms with Crippen molar-refractivity contribution in [1.82, 2.24) is 15.2 Å². The first-order chi connectivity index (χ1) is 10.8. The van der Waals surface area contributed by atoms with E-state index in [0.29, 0.717) is 10.7 Å². The number of carbonyl (C=O) groups is 1. The molecule has 0 aliphatic heterocycles. The van der Waals surface area contributed by atoms with E-state index in [1.165, 1.54) is 49.6 Å². The van der Waals surface area contributed by atoms with E-state index in [0.717, 1.165) is 17.8 Å². The standard InChI is InChI=1S/C16H22N4OS/c1-2-3-4-5-6-7-10-14-19-20-16(22-14)18-15(21)13-9-8-11-17-12-13/h8-9,11-12H,2-7,10H2,1H3,(H,18,20,21). The smallest absolute Gasteiger partial charge is 0.259 e. The van der Waals surface area contributed by atoms with Crippen molar-refractivity contribution in [3.8, 4) is 0 Å². The number of aryl methyl sites for hydroxylation is 1. The summed E-state index contributed by atoms with van der Waals surface area (Å²) in [6, 6.07) is 3.46. The van der Waals surface area contributed by atoms with Gasteiger partial charge >= 0.3 is 0 Å². The third kappa shape index (κ3) is 5.52. The van der Waals surface area contributed by atoms with E-state index in [9.17, 15) is 4.79 Å². The maximum atomic E-state index is 12.0. The van der Waals surface area contributed by atoms with E-state index in [4.69, 9.17) is 0 Å². The van der Waals surface area contributed by atoms with Gasteiger partial charge in [0.15, 0.2) is 0 Å². The molecule has 5 nitrogen and oxygen atoms in total. The van der Waals surface area contributed by atoms with Gasteiger partial charge in [-0.15, -0.1) is 10.2 Å². The molecule has 2 aromatic rings. The summed E-state index contributed by atoms with van der Waals surface area (Å²) in [5.74, 6) is -0.199. The Bertz CT molecular complexity index is 571. The third-order valence-electron chi connectivity index (χ3n) is 3.36. The summed E-state index contributed by atoms with van der Waals surface area (Å²) in [4.78, 5) is 15.9. The summed E-state index contributed by atoms with van der Waals surface area (Å²) in [5.41, 5.74) is 0.523. The molecule has 0 atom stereocenters. The molecule has 0 fully saturated rings. The van der Waals surface area contributed by atoms with Crippen molar-refractivity contribution in [2.24, 2.45) is 0 Å². The zero-order chi connectivity index (χ0) is 15.6. The summed E-state index contributed by atoms with van der Waals surface area (Å²) in [6.07, 6.45) is 11.7. The molecule has 2 heterocycles. The normalized spacial score (nSPS) is 10.6. The lowest BCUT2D eigenvalue weighted by Gasteiger charge is -1.99. The molecule has 1 amide bonds. The van der Waals surface area contributed by atoms with Crippen LogP contribution in [0.5, 0.6) is 0 Å². The number of amides is 1. The minimum atomic E-state index is -0.199. The second kappa shape index (κ2) is 9.25. The molecule has 6 heteroatoms. The van der Waals surface area contributed by atoms with Crippen molar-refractivity contribution in [3.63, 3.8) is 0 Å². The van der Waals surface area contributed by atoms with Crippen LogP contribution >= 0.6 is 11.3 Å². The Morgan fingerprint density at radius 3 is 2.77 bits per heavy atom. The molecule has 2 aromatic heterocycles. The Morgan fingerprint density at radius 1 is 1.18 bits per heavy atom. The Hall–Kier alpha value is -1.82. The average Bonchev–Trinajstić information content (AvgIpc) is 2.99. The first-order valence-corrected chi connectivity index (χ1v) is 8.65. The first kappa shape index (κ1) is 16.5. The SMILES string of the molecule is CCCCCCCCc1nnc(NC(=O)c2cccnc2)s1. The van der Waals surface area contributed by atoms with Gasteiger partial charge in [-0.2, -0.15) is 0 Å². The van der Waals surface area contributed by atoms with Gasteiger partial charge in [-0.1, -0.05) is 50.4 Å². The molecule has 0 spiro atoms. The first-order valence-electron chi connectivity index (χ1n) is 7.83. The van der Waals surface area contributed by atoms with Gasteiger partial charge in [0.1, 0.15) is 5.01 Å². The highest BCUT2D eigenvalue weighted by Gasteiger charge is 2.10. The molecular formula is C16H22N4OS. The molecule has 0 unspecified atom stereocenters. The van der Waals surface area contributed by atoms with Crippen LogP contribution in [0.1, 0.15) is 60.8 Å². The average molecular weight is 318 g/mol. The Morgan fingerprint density at radius 2 is 2.00 bits per heavy atom. The van der Waals surface area contributed by atoms with Crippen molar-refractivity contribution in [2.45, 2.75) is 51.9 Å². The van der Waals surface area contributed by atoms with Gasteiger partial charge in [0.2, 0.25) is 5.13 Å². The minimum absolute atomic E-state index is 0.199. The monoisotopic (exact) mass is 318 g/mol. The molecule has 22 heavy (non-hydrogen) atoms. The van der Waals surface area contributed by atoms with Gasteiger partial charge in [0, 0.05) is 18.8 Å². The van der Waals surface area contributed by atoms with Gasteiger partial charge in [-0.05, 0) is 18.6 Å². The molecule has 0 aliphatic carbocycles. The summed E-state index contributed by atoms with van der Waals surface area (Å²) in [5, 5.41) is 12.5. The topological polar surface area (TPSA) is 67.8 Å². The predicted molar refractivity (Wildman–Crippen MR) is 89.2 cm³/mol. The van der Waals surface area contributed by atoms with Gasteiger partial charge < -0.3 is 0 Å². The number of unbranched alkanes of at least 4 members (excludes halogenated alkanes) is 5. The number of nitrogens with one attached hydrogen (secondary N) is 1. The number of pyridine rings is 1. The van der Waals surface area contributed by atoms with Crippen LogP contribution in [0.25, 0.3) is 0 Å². The van der Waals surface area contributed by atoms with Crippen LogP contribution in [-0.2, 0) is 6.42 Å².